The molecule has 0 radical (unpaired) electrons. The van der Waals surface area contributed by atoms with Crippen molar-refractivity contribution in [3.63, 3.8) is 0 Å². The van der Waals surface area contributed by atoms with Crippen LogP contribution in [0, 0.1) is 5.82 Å². The lowest BCUT2D eigenvalue weighted by Crippen LogP contribution is -2.11. The van der Waals surface area contributed by atoms with E-state index in [1.807, 2.05) is 0 Å². The molecule has 0 spiro atoms. The van der Waals surface area contributed by atoms with Crippen LogP contribution in [-0.2, 0) is 9.53 Å². The Hall–Kier alpha value is -1.23. The van der Waals surface area contributed by atoms with Crippen molar-refractivity contribution in [2.24, 2.45) is 0 Å². The minimum Gasteiger partial charge on any atom is -0.466 e. The summed E-state index contributed by atoms with van der Waals surface area (Å²) in [5, 5.41) is 0. The zero-order valence-corrected chi connectivity index (χ0v) is 10.2. The highest BCUT2D eigenvalue weighted by Crippen LogP contribution is 2.17. The Morgan fingerprint density at radius 2 is 2.12 bits per heavy atom. The fraction of sp³-hybridized carbons (Fsp3) is 0.273. The van der Waals surface area contributed by atoms with E-state index in [1.54, 1.807) is 6.92 Å². The number of ether oxygens (including phenoxy) is 1. The minimum atomic E-state index is -0.576. The third-order valence-electron chi connectivity index (χ3n) is 1.85. The molecule has 1 aromatic rings. The van der Waals surface area contributed by atoms with E-state index in [2.05, 4.69) is 20.7 Å². The van der Waals surface area contributed by atoms with Gasteiger partial charge >= 0.3 is 5.97 Å². The summed E-state index contributed by atoms with van der Waals surface area (Å²) >= 11 is 2.97. The minimum absolute atomic E-state index is 0.196. The summed E-state index contributed by atoms with van der Waals surface area (Å²) in [6.07, 6.45) is -0.327. The van der Waals surface area contributed by atoms with Gasteiger partial charge in [-0.05, 0) is 41.1 Å². The van der Waals surface area contributed by atoms with Gasteiger partial charge in [0.15, 0.2) is 5.78 Å². The first kappa shape index (κ1) is 12.8. The predicted molar refractivity (Wildman–Crippen MR) is 59.7 cm³/mol. The Morgan fingerprint density at radius 1 is 1.44 bits per heavy atom. The van der Waals surface area contributed by atoms with Crippen LogP contribution in [0.15, 0.2) is 22.7 Å². The van der Waals surface area contributed by atoms with Gasteiger partial charge in [0, 0.05) is 5.56 Å². The van der Waals surface area contributed by atoms with Crippen LogP contribution < -0.4 is 0 Å². The highest BCUT2D eigenvalue weighted by atomic mass is 79.9. The van der Waals surface area contributed by atoms with Gasteiger partial charge in [-0.1, -0.05) is 0 Å². The van der Waals surface area contributed by atoms with Gasteiger partial charge < -0.3 is 4.74 Å². The van der Waals surface area contributed by atoms with E-state index in [1.165, 1.54) is 18.2 Å². The molecule has 3 nitrogen and oxygen atoms in total. The molecule has 0 unspecified atom stereocenters. The molecule has 0 aliphatic carbocycles. The molecule has 0 fully saturated rings. The predicted octanol–water partition coefficient (Wildman–Crippen LogP) is 2.72. The van der Waals surface area contributed by atoms with Crippen LogP contribution in [0.2, 0.25) is 0 Å². The first-order valence-electron chi connectivity index (χ1n) is 4.68. The molecule has 0 saturated heterocycles. The summed E-state index contributed by atoms with van der Waals surface area (Å²) in [6.45, 7) is 1.90. The second-order valence-corrected chi connectivity index (χ2v) is 3.89. The summed E-state index contributed by atoms with van der Waals surface area (Å²) in [7, 11) is 0. The molecule has 0 N–H and O–H groups in total. The maximum absolute atomic E-state index is 12.9. The van der Waals surface area contributed by atoms with Crippen molar-refractivity contribution in [2.75, 3.05) is 6.61 Å². The van der Waals surface area contributed by atoms with Crippen LogP contribution in [0.25, 0.3) is 0 Å². The van der Waals surface area contributed by atoms with Gasteiger partial charge in [-0.15, -0.1) is 0 Å². The third-order valence-corrected chi connectivity index (χ3v) is 2.46. The molecule has 1 aromatic carbocycles. The normalized spacial score (nSPS) is 9.94. The fourth-order valence-electron chi connectivity index (χ4n) is 1.11. The van der Waals surface area contributed by atoms with E-state index in [4.69, 9.17) is 0 Å². The summed E-state index contributed by atoms with van der Waals surface area (Å²) < 4.78 is 17.7. The SMILES string of the molecule is CCOC(=O)CC(=O)c1ccc(F)c(Br)c1. The largest absolute Gasteiger partial charge is 0.466 e. The van der Waals surface area contributed by atoms with E-state index in [9.17, 15) is 14.0 Å². The Balaban J connectivity index is 2.73. The molecule has 0 saturated carbocycles. The average Bonchev–Trinajstić information content (AvgIpc) is 2.22. The summed E-state index contributed by atoms with van der Waals surface area (Å²) in [5.41, 5.74) is 0.279. The van der Waals surface area contributed by atoms with Gasteiger partial charge in [0.2, 0.25) is 0 Å². The zero-order chi connectivity index (χ0) is 12.1. The van der Waals surface area contributed by atoms with Crippen LogP contribution in [0.5, 0.6) is 0 Å². The molecule has 86 valence electrons. The molecule has 1 rings (SSSR count). The van der Waals surface area contributed by atoms with Crippen LogP contribution in [-0.4, -0.2) is 18.4 Å². The zero-order valence-electron chi connectivity index (χ0n) is 8.63. The first-order chi connectivity index (χ1) is 7.54. The molecular formula is C11H10BrFO3. The van der Waals surface area contributed by atoms with Gasteiger partial charge in [0.1, 0.15) is 12.2 Å². The molecule has 0 aliphatic heterocycles. The number of rotatable bonds is 4. The number of Topliss-reactive ketones (excluding diaryl/α,β-unsaturated/α-hetero) is 1. The van der Waals surface area contributed by atoms with Crippen molar-refractivity contribution in [1.82, 2.24) is 0 Å². The molecule has 0 aliphatic rings. The maximum Gasteiger partial charge on any atom is 0.313 e. The van der Waals surface area contributed by atoms with E-state index < -0.39 is 11.8 Å². The van der Waals surface area contributed by atoms with Crippen molar-refractivity contribution >= 4 is 27.7 Å². The van der Waals surface area contributed by atoms with E-state index in [0.29, 0.717) is 0 Å². The molecule has 0 atom stereocenters. The second kappa shape index (κ2) is 5.75. The monoisotopic (exact) mass is 288 g/mol. The number of benzene rings is 1. The Kier molecular flexibility index (Phi) is 4.61. The van der Waals surface area contributed by atoms with E-state index >= 15 is 0 Å². The van der Waals surface area contributed by atoms with E-state index in [0.717, 1.165) is 0 Å². The van der Waals surface area contributed by atoms with Crippen LogP contribution in [0.4, 0.5) is 4.39 Å². The number of halogens is 2. The Labute approximate surface area is 101 Å². The van der Waals surface area contributed by atoms with Crippen LogP contribution >= 0.6 is 15.9 Å². The molecule has 0 bridgehead atoms. The highest BCUT2D eigenvalue weighted by molar-refractivity contribution is 9.10. The summed E-state index contributed by atoms with van der Waals surface area (Å²) in [6, 6.07) is 3.85. The number of esters is 1. The summed E-state index contributed by atoms with van der Waals surface area (Å²) in [5.74, 6) is -1.42. The maximum atomic E-state index is 12.9. The number of ketones is 1. The molecule has 0 amide bonds. The average molecular weight is 289 g/mol. The lowest BCUT2D eigenvalue weighted by Gasteiger charge is -2.02. The number of carbonyl (C=O) groups excluding carboxylic acids is 2. The third kappa shape index (κ3) is 3.41. The number of hydrogen-bond donors (Lipinski definition) is 0. The van der Waals surface area contributed by atoms with E-state index in [-0.39, 0.29) is 28.8 Å². The lowest BCUT2D eigenvalue weighted by molar-refractivity contribution is -0.141. The molecular weight excluding hydrogens is 279 g/mol. The smallest absolute Gasteiger partial charge is 0.313 e. The standard InChI is InChI=1S/C11H10BrFO3/c1-2-16-11(15)6-10(14)7-3-4-9(13)8(12)5-7/h3-5H,2,6H2,1H3. The molecule has 16 heavy (non-hydrogen) atoms. The van der Waals surface area contributed by atoms with Crippen molar-refractivity contribution < 1.29 is 18.7 Å². The topological polar surface area (TPSA) is 43.4 Å². The number of carbonyl (C=O) groups is 2. The molecule has 5 heteroatoms. The Bertz CT molecular complexity index is 418. The quantitative estimate of drug-likeness (QED) is 0.486. The lowest BCUT2D eigenvalue weighted by atomic mass is 10.1. The van der Waals surface area contributed by atoms with Gasteiger partial charge in [0.25, 0.3) is 0 Å². The van der Waals surface area contributed by atoms with Crippen molar-refractivity contribution in [3.8, 4) is 0 Å². The van der Waals surface area contributed by atoms with Crippen LogP contribution in [0.1, 0.15) is 23.7 Å². The fourth-order valence-corrected chi connectivity index (χ4v) is 1.49. The van der Waals surface area contributed by atoms with Crippen molar-refractivity contribution in [2.45, 2.75) is 13.3 Å². The molecule has 0 aromatic heterocycles. The Morgan fingerprint density at radius 3 is 2.69 bits per heavy atom. The summed E-state index contributed by atoms with van der Waals surface area (Å²) in [4.78, 5) is 22.6. The van der Waals surface area contributed by atoms with Gasteiger partial charge in [0.05, 0.1) is 11.1 Å². The van der Waals surface area contributed by atoms with Crippen LogP contribution in [0.3, 0.4) is 0 Å². The highest BCUT2D eigenvalue weighted by Gasteiger charge is 2.13. The van der Waals surface area contributed by atoms with Gasteiger partial charge in [-0.3, -0.25) is 9.59 Å². The van der Waals surface area contributed by atoms with Crippen molar-refractivity contribution in [3.05, 3.63) is 34.1 Å². The van der Waals surface area contributed by atoms with Gasteiger partial charge in [-0.2, -0.15) is 0 Å². The second-order valence-electron chi connectivity index (χ2n) is 3.03. The first-order valence-corrected chi connectivity index (χ1v) is 5.47. The van der Waals surface area contributed by atoms with Crippen molar-refractivity contribution in [1.29, 1.82) is 0 Å². The number of hydrogen-bond acceptors (Lipinski definition) is 3. The van der Waals surface area contributed by atoms with Gasteiger partial charge in [-0.25, -0.2) is 4.39 Å². The molecule has 0 heterocycles.